The van der Waals surface area contributed by atoms with Crippen molar-refractivity contribution in [2.75, 3.05) is 5.32 Å². The van der Waals surface area contributed by atoms with Gasteiger partial charge in [-0.15, -0.1) is 0 Å². The van der Waals surface area contributed by atoms with E-state index >= 15 is 0 Å². The second kappa shape index (κ2) is 10.1. The third-order valence-corrected chi connectivity index (χ3v) is 5.31. The van der Waals surface area contributed by atoms with Gasteiger partial charge in [0.1, 0.15) is 10.3 Å². The van der Waals surface area contributed by atoms with Crippen molar-refractivity contribution in [1.29, 1.82) is 5.26 Å². The first-order valence-electron chi connectivity index (χ1n) is 9.37. The van der Waals surface area contributed by atoms with Crippen LogP contribution >= 0.6 is 39.1 Å². The Morgan fingerprint density at radius 3 is 2.72 bits per heavy atom. The maximum Gasteiger partial charge on any atom is 0.274 e. The highest BCUT2D eigenvalue weighted by atomic mass is 79.9. The largest absolute Gasteiger partial charge is 0.348 e. The smallest absolute Gasteiger partial charge is 0.274 e. The number of benzene rings is 1. The molecule has 164 valence electrons. The molecule has 2 aromatic heterocycles. The second-order valence-electron chi connectivity index (χ2n) is 6.91. The number of nitrogens with one attached hydrogen (secondary N) is 2. The number of anilines is 1. The Hall–Kier alpha value is -2.93. The van der Waals surface area contributed by atoms with Crippen LogP contribution in [0, 0.1) is 18.3 Å². The summed E-state index contributed by atoms with van der Waals surface area (Å²) in [6.45, 7) is 3.43. The van der Waals surface area contributed by atoms with Crippen LogP contribution < -0.4 is 10.6 Å². The van der Waals surface area contributed by atoms with Gasteiger partial charge in [0, 0.05) is 23.3 Å². The molecule has 0 aliphatic heterocycles. The predicted octanol–water partition coefficient (Wildman–Crippen LogP) is 4.93. The average Bonchev–Trinajstić information content (AvgIpc) is 3.11. The van der Waals surface area contributed by atoms with E-state index in [9.17, 15) is 9.59 Å². The van der Waals surface area contributed by atoms with Crippen LogP contribution in [0.2, 0.25) is 10.0 Å². The zero-order chi connectivity index (χ0) is 23.4. The molecule has 11 heteroatoms. The summed E-state index contributed by atoms with van der Waals surface area (Å²) in [5.74, 6) is -0.716. The summed E-state index contributed by atoms with van der Waals surface area (Å²) < 4.78 is 1.71. The van der Waals surface area contributed by atoms with Crippen molar-refractivity contribution in [2.45, 2.75) is 26.3 Å². The number of pyridine rings is 1. The van der Waals surface area contributed by atoms with E-state index in [2.05, 4.69) is 36.6 Å². The fourth-order valence-electron chi connectivity index (χ4n) is 2.96. The first kappa shape index (κ1) is 23.7. The lowest BCUT2D eigenvalue weighted by Gasteiger charge is -2.17. The van der Waals surface area contributed by atoms with Gasteiger partial charge in [0.25, 0.3) is 11.8 Å². The van der Waals surface area contributed by atoms with Gasteiger partial charge in [0.2, 0.25) is 0 Å². The molecule has 3 rings (SSSR count). The number of aryl methyl sites for hydroxylation is 1. The van der Waals surface area contributed by atoms with Crippen molar-refractivity contribution < 1.29 is 9.59 Å². The Balaban J connectivity index is 1.99. The van der Waals surface area contributed by atoms with Crippen LogP contribution in [0.1, 0.15) is 39.8 Å². The summed E-state index contributed by atoms with van der Waals surface area (Å²) in [5, 5.41) is 19.3. The Bertz CT molecular complexity index is 1240. The summed E-state index contributed by atoms with van der Waals surface area (Å²) in [7, 11) is 0. The lowest BCUT2D eigenvalue weighted by Crippen LogP contribution is -2.33. The topological polar surface area (TPSA) is 113 Å². The number of nitriles is 1. The Kier molecular flexibility index (Phi) is 7.51. The molecule has 0 saturated heterocycles. The molecule has 0 saturated carbocycles. The van der Waals surface area contributed by atoms with E-state index in [4.69, 9.17) is 28.5 Å². The van der Waals surface area contributed by atoms with Crippen LogP contribution in [0.5, 0.6) is 0 Å². The summed E-state index contributed by atoms with van der Waals surface area (Å²) in [5.41, 5.74) is 1.20. The fraction of sp³-hybridized carbons (Fsp3) is 0.190. The van der Waals surface area contributed by atoms with Crippen LogP contribution in [0.25, 0.3) is 5.82 Å². The molecule has 3 aromatic rings. The quantitative estimate of drug-likeness (QED) is 0.464. The van der Waals surface area contributed by atoms with Crippen molar-refractivity contribution in [3.8, 4) is 11.9 Å². The molecule has 0 fully saturated rings. The molecule has 0 aliphatic carbocycles. The van der Waals surface area contributed by atoms with Crippen LogP contribution in [-0.2, 0) is 0 Å². The highest BCUT2D eigenvalue weighted by Crippen LogP contribution is 2.28. The van der Waals surface area contributed by atoms with Gasteiger partial charge in [0.15, 0.2) is 5.82 Å². The monoisotopic (exact) mass is 534 g/mol. The number of halogens is 3. The van der Waals surface area contributed by atoms with Gasteiger partial charge in [-0.1, -0.05) is 23.2 Å². The predicted molar refractivity (Wildman–Crippen MR) is 125 cm³/mol. The van der Waals surface area contributed by atoms with Gasteiger partial charge >= 0.3 is 0 Å². The molecule has 0 aliphatic rings. The van der Waals surface area contributed by atoms with Crippen molar-refractivity contribution >= 4 is 56.6 Å². The number of carbonyl (C=O) groups is 2. The number of aromatic nitrogens is 3. The van der Waals surface area contributed by atoms with E-state index in [0.29, 0.717) is 20.2 Å². The normalized spacial score (nSPS) is 11.5. The lowest BCUT2D eigenvalue weighted by atomic mass is 10.1. The van der Waals surface area contributed by atoms with Gasteiger partial charge < -0.3 is 10.6 Å². The highest BCUT2D eigenvalue weighted by Gasteiger charge is 2.23. The average molecular weight is 536 g/mol. The van der Waals surface area contributed by atoms with E-state index in [1.54, 1.807) is 32.0 Å². The standard InChI is InChI=1S/C21H17BrCl2N6O2/c1-11-8-13(23)9-14(20(31)27-12(2)5-6-25)18(11)28-21(32)16-10-17(22)29-30(16)19-15(24)4-3-7-26-19/h3-4,7-10,12H,5H2,1-2H3,(H,27,31)(H,28,32). The zero-order valence-corrected chi connectivity index (χ0v) is 20.1. The Morgan fingerprint density at radius 2 is 2.03 bits per heavy atom. The molecule has 0 spiro atoms. The van der Waals surface area contributed by atoms with Crippen molar-refractivity contribution in [3.05, 3.63) is 68.0 Å². The van der Waals surface area contributed by atoms with Gasteiger partial charge in [-0.05, 0) is 59.6 Å². The van der Waals surface area contributed by atoms with Gasteiger partial charge in [-0.2, -0.15) is 10.4 Å². The molecule has 32 heavy (non-hydrogen) atoms. The van der Waals surface area contributed by atoms with Gasteiger partial charge in [-0.3, -0.25) is 9.59 Å². The van der Waals surface area contributed by atoms with Crippen molar-refractivity contribution in [2.24, 2.45) is 0 Å². The molecule has 2 amide bonds. The maximum absolute atomic E-state index is 13.2. The molecule has 2 heterocycles. The van der Waals surface area contributed by atoms with E-state index in [1.807, 2.05) is 6.07 Å². The molecule has 0 bridgehead atoms. The van der Waals surface area contributed by atoms with Gasteiger partial charge in [0.05, 0.1) is 28.8 Å². The minimum absolute atomic E-state index is 0.144. The number of amides is 2. The van der Waals surface area contributed by atoms with Gasteiger partial charge in [-0.25, -0.2) is 9.67 Å². The third-order valence-electron chi connectivity index (χ3n) is 4.41. The summed E-state index contributed by atoms with van der Waals surface area (Å²) in [6.07, 6.45) is 1.68. The second-order valence-corrected chi connectivity index (χ2v) is 8.57. The van der Waals surface area contributed by atoms with Crippen LogP contribution in [0.4, 0.5) is 5.69 Å². The molecule has 2 N–H and O–H groups in total. The molecule has 8 nitrogen and oxygen atoms in total. The minimum atomic E-state index is -0.533. The van der Waals surface area contributed by atoms with Crippen molar-refractivity contribution in [1.82, 2.24) is 20.1 Å². The molecule has 1 unspecified atom stereocenters. The zero-order valence-electron chi connectivity index (χ0n) is 17.0. The lowest BCUT2D eigenvalue weighted by molar-refractivity contribution is 0.0941. The van der Waals surface area contributed by atoms with Crippen LogP contribution in [0.3, 0.4) is 0 Å². The van der Waals surface area contributed by atoms with E-state index in [0.717, 1.165) is 0 Å². The van der Waals surface area contributed by atoms with E-state index in [-0.39, 0.29) is 35.2 Å². The molecule has 1 atom stereocenters. The van der Waals surface area contributed by atoms with Crippen LogP contribution in [0.15, 0.2) is 41.1 Å². The fourth-order valence-corrected chi connectivity index (χ4v) is 3.81. The summed E-state index contributed by atoms with van der Waals surface area (Å²) in [6, 6.07) is 9.54. The molecule has 1 aromatic carbocycles. The third kappa shape index (κ3) is 5.27. The van der Waals surface area contributed by atoms with Crippen molar-refractivity contribution in [3.63, 3.8) is 0 Å². The number of rotatable bonds is 6. The maximum atomic E-state index is 13.2. The number of hydrogen-bond donors (Lipinski definition) is 2. The molecular weight excluding hydrogens is 519 g/mol. The SMILES string of the molecule is Cc1cc(Cl)cc(C(=O)NC(C)CC#N)c1NC(=O)c1cc(Br)nn1-c1ncccc1Cl. The first-order valence-corrected chi connectivity index (χ1v) is 10.9. The first-order chi connectivity index (χ1) is 15.2. The number of hydrogen-bond acceptors (Lipinski definition) is 5. The minimum Gasteiger partial charge on any atom is -0.348 e. The van der Waals surface area contributed by atoms with E-state index < -0.39 is 11.8 Å². The Morgan fingerprint density at radius 1 is 1.28 bits per heavy atom. The van der Waals surface area contributed by atoms with Crippen LogP contribution in [-0.4, -0.2) is 32.6 Å². The molecule has 0 radical (unpaired) electrons. The number of carbonyl (C=O) groups excluding carboxylic acids is 2. The summed E-state index contributed by atoms with van der Waals surface area (Å²) >= 11 is 15.7. The summed E-state index contributed by atoms with van der Waals surface area (Å²) in [4.78, 5) is 30.2. The van der Waals surface area contributed by atoms with E-state index in [1.165, 1.54) is 23.0 Å². The number of nitrogens with zero attached hydrogens (tertiary/aromatic N) is 4. The Labute approximate surface area is 202 Å². The highest BCUT2D eigenvalue weighted by molar-refractivity contribution is 9.10. The molecular formula is C21H17BrCl2N6O2.